The Kier molecular flexibility index (Phi) is 3.85. The molecule has 1 fully saturated rings. The van der Waals surface area contributed by atoms with Crippen LogP contribution in [0.15, 0.2) is 48.9 Å². The molecule has 1 saturated heterocycles. The molecule has 1 aliphatic heterocycles. The van der Waals surface area contributed by atoms with E-state index in [4.69, 9.17) is 0 Å². The maximum absolute atomic E-state index is 13.1. The fourth-order valence-corrected chi connectivity index (χ4v) is 4.69. The SMILES string of the molecule is O=C(c1cnn(Cc2ccccc2)c1)N1CCCC2(CCc3cn[nH]c32)C1. The number of piperidine rings is 1. The van der Waals surface area contributed by atoms with Crippen LogP contribution >= 0.6 is 0 Å². The number of fused-ring (bicyclic) bond motifs is 2. The number of benzene rings is 1. The number of aromatic amines is 1. The van der Waals surface area contributed by atoms with Crippen LogP contribution in [-0.2, 0) is 18.4 Å². The quantitative estimate of drug-likeness (QED) is 0.780. The van der Waals surface area contributed by atoms with Gasteiger partial charge in [0.25, 0.3) is 5.91 Å². The van der Waals surface area contributed by atoms with E-state index in [1.165, 1.54) is 16.8 Å². The van der Waals surface area contributed by atoms with Gasteiger partial charge >= 0.3 is 0 Å². The van der Waals surface area contributed by atoms with E-state index in [1.54, 1.807) is 6.20 Å². The van der Waals surface area contributed by atoms with Crippen LogP contribution in [0.1, 0.15) is 46.4 Å². The number of hydrogen-bond donors (Lipinski definition) is 1. The summed E-state index contributed by atoms with van der Waals surface area (Å²) in [5.41, 5.74) is 4.47. The molecule has 1 atom stereocenters. The van der Waals surface area contributed by atoms with Crippen molar-refractivity contribution in [2.75, 3.05) is 13.1 Å². The van der Waals surface area contributed by atoms with Crippen molar-refractivity contribution in [1.29, 1.82) is 0 Å². The lowest BCUT2D eigenvalue weighted by Gasteiger charge is -2.40. The first-order chi connectivity index (χ1) is 13.2. The van der Waals surface area contributed by atoms with Crippen molar-refractivity contribution in [3.63, 3.8) is 0 Å². The van der Waals surface area contributed by atoms with Crippen LogP contribution in [0, 0.1) is 0 Å². The van der Waals surface area contributed by atoms with Crippen molar-refractivity contribution in [3.8, 4) is 0 Å². The zero-order valence-corrected chi connectivity index (χ0v) is 15.3. The number of nitrogens with zero attached hydrogens (tertiary/aromatic N) is 4. The third-order valence-corrected chi connectivity index (χ3v) is 6.05. The van der Waals surface area contributed by atoms with Crippen LogP contribution < -0.4 is 0 Å². The van der Waals surface area contributed by atoms with Gasteiger partial charge in [-0.05, 0) is 36.8 Å². The zero-order valence-electron chi connectivity index (χ0n) is 15.3. The van der Waals surface area contributed by atoms with E-state index in [2.05, 4.69) is 27.4 Å². The predicted octanol–water partition coefficient (Wildman–Crippen LogP) is 2.77. The number of aromatic nitrogens is 4. The molecule has 3 heterocycles. The Balaban J connectivity index is 1.33. The van der Waals surface area contributed by atoms with Crippen molar-refractivity contribution < 1.29 is 4.79 Å². The Morgan fingerprint density at radius 1 is 1.19 bits per heavy atom. The van der Waals surface area contributed by atoms with E-state index < -0.39 is 0 Å². The Morgan fingerprint density at radius 2 is 2.07 bits per heavy atom. The molecule has 1 spiro atoms. The van der Waals surface area contributed by atoms with Gasteiger partial charge in [-0.2, -0.15) is 10.2 Å². The minimum Gasteiger partial charge on any atom is -0.338 e. The summed E-state index contributed by atoms with van der Waals surface area (Å²) in [6.45, 7) is 2.26. The van der Waals surface area contributed by atoms with Gasteiger partial charge in [-0.1, -0.05) is 30.3 Å². The van der Waals surface area contributed by atoms with Crippen molar-refractivity contribution >= 4 is 5.91 Å². The normalized spacial score (nSPS) is 21.6. The van der Waals surface area contributed by atoms with E-state index in [1.807, 2.05) is 40.2 Å². The van der Waals surface area contributed by atoms with Crippen LogP contribution in [0.2, 0.25) is 0 Å². The molecule has 1 aromatic carbocycles. The molecule has 0 saturated carbocycles. The van der Waals surface area contributed by atoms with Gasteiger partial charge in [0.15, 0.2) is 0 Å². The number of hydrogen-bond acceptors (Lipinski definition) is 3. The minimum atomic E-state index is 0.0553. The van der Waals surface area contributed by atoms with E-state index in [0.29, 0.717) is 12.1 Å². The maximum Gasteiger partial charge on any atom is 0.257 e. The lowest BCUT2D eigenvalue weighted by molar-refractivity contribution is 0.0633. The highest BCUT2D eigenvalue weighted by Crippen LogP contribution is 2.44. The number of likely N-dealkylation sites (tertiary alicyclic amines) is 1. The predicted molar refractivity (Wildman–Crippen MR) is 101 cm³/mol. The van der Waals surface area contributed by atoms with Crippen molar-refractivity contribution in [2.24, 2.45) is 0 Å². The average molecular weight is 361 g/mol. The first-order valence-electron chi connectivity index (χ1n) is 9.62. The van der Waals surface area contributed by atoms with Gasteiger partial charge in [0.1, 0.15) is 0 Å². The standard InChI is InChI=1S/C21H23N5O/c27-20(18-12-23-26(14-18)13-16-5-2-1-3-6-16)25-10-4-8-21(15-25)9-7-17-11-22-24-19(17)21/h1-3,5-6,11-12,14H,4,7-10,13,15H2,(H,22,24). The van der Waals surface area contributed by atoms with Crippen LogP contribution in [0.5, 0.6) is 0 Å². The van der Waals surface area contributed by atoms with Crippen LogP contribution in [0.3, 0.4) is 0 Å². The molecule has 0 radical (unpaired) electrons. The van der Waals surface area contributed by atoms with Gasteiger partial charge in [0.2, 0.25) is 0 Å². The molecular formula is C21H23N5O. The monoisotopic (exact) mass is 361 g/mol. The molecule has 5 rings (SSSR count). The number of carbonyl (C=O) groups is 1. The third kappa shape index (κ3) is 2.85. The van der Waals surface area contributed by atoms with Crippen molar-refractivity contribution in [3.05, 3.63) is 71.3 Å². The fourth-order valence-electron chi connectivity index (χ4n) is 4.69. The highest BCUT2D eigenvalue weighted by Gasteiger charge is 2.44. The summed E-state index contributed by atoms with van der Waals surface area (Å²) in [5.74, 6) is 0.0846. The first kappa shape index (κ1) is 16.3. The highest BCUT2D eigenvalue weighted by atomic mass is 16.2. The fraction of sp³-hybridized carbons (Fsp3) is 0.381. The molecule has 1 unspecified atom stereocenters. The van der Waals surface area contributed by atoms with Crippen LogP contribution in [0.4, 0.5) is 0 Å². The highest BCUT2D eigenvalue weighted by molar-refractivity contribution is 5.93. The maximum atomic E-state index is 13.1. The summed E-state index contributed by atoms with van der Waals surface area (Å²) in [6.07, 6.45) is 9.83. The molecule has 2 aromatic heterocycles. The Hall–Kier alpha value is -2.89. The van der Waals surface area contributed by atoms with Gasteiger partial charge in [-0.3, -0.25) is 14.6 Å². The smallest absolute Gasteiger partial charge is 0.257 e. The van der Waals surface area contributed by atoms with Gasteiger partial charge in [-0.25, -0.2) is 0 Å². The van der Waals surface area contributed by atoms with E-state index >= 15 is 0 Å². The minimum absolute atomic E-state index is 0.0553. The largest absolute Gasteiger partial charge is 0.338 e. The second-order valence-electron chi connectivity index (χ2n) is 7.79. The van der Waals surface area contributed by atoms with Gasteiger partial charge < -0.3 is 4.90 Å². The first-order valence-corrected chi connectivity index (χ1v) is 9.62. The summed E-state index contributed by atoms with van der Waals surface area (Å²) in [7, 11) is 0. The van der Waals surface area contributed by atoms with E-state index in [-0.39, 0.29) is 11.3 Å². The lowest BCUT2D eigenvalue weighted by Crippen LogP contribution is -2.47. The molecule has 1 amide bonds. The summed E-state index contributed by atoms with van der Waals surface area (Å²) in [5, 5.41) is 11.8. The molecule has 1 aliphatic carbocycles. The van der Waals surface area contributed by atoms with Gasteiger partial charge in [0, 0.05) is 30.4 Å². The molecule has 6 heteroatoms. The molecule has 2 aliphatic rings. The van der Waals surface area contributed by atoms with E-state index in [0.717, 1.165) is 38.8 Å². The molecule has 138 valence electrons. The molecule has 1 N–H and O–H groups in total. The summed E-state index contributed by atoms with van der Waals surface area (Å²) in [6, 6.07) is 10.2. The summed E-state index contributed by atoms with van der Waals surface area (Å²) in [4.78, 5) is 15.1. The third-order valence-electron chi connectivity index (χ3n) is 6.05. The topological polar surface area (TPSA) is 66.8 Å². The number of rotatable bonds is 3. The van der Waals surface area contributed by atoms with E-state index in [9.17, 15) is 4.79 Å². The van der Waals surface area contributed by atoms with Crippen LogP contribution in [-0.4, -0.2) is 43.9 Å². The van der Waals surface area contributed by atoms with Gasteiger partial charge in [-0.15, -0.1) is 0 Å². The van der Waals surface area contributed by atoms with Crippen molar-refractivity contribution in [2.45, 2.75) is 37.6 Å². The second-order valence-corrected chi connectivity index (χ2v) is 7.79. The molecular weight excluding hydrogens is 338 g/mol. The zero-order chi connectivity index (χ0) is 18.3. The Labute approximate surface area is 158 Å². The second kappa shape index (κ2) is 6.37. The molecule has 3 aromatic rings. The lowest BCUT2D eigenvalue weighted by atomic mass is 9.77. The van der Waals surface area contributed by atoms with Crippen LogP contribution in [0.25, 0.3) is 0 Å². The van der Waals surface area contributed by atoms with Crippen molar-refractivity contribution in [1.82, 2.24) is 24.9 Å². The Morgan fingerprint density at radius 3 is 2.96 bits per heavy atom. The average Bonchev–Trinajstić information content (AvgIpc) is 3.42. The molecule has 27 heavy (non-hydrogen) atoms. The number of amides is 1. The Bertz CT molecular complexity index is 960. The number of H-pyrrole nitrogens is 1. The number of aryl methyl sites for hydroxylation is 1. The summed E-state index contributed by atoms with van der Waals surface area (Å²) < 4.78 is 1.84. The number of nitrogens with one attached hydrogen (secondary N) is 1. The molecule has 0 bridgehead atoms. The summed E-state index contributed by atoms with van der Waals surface area (Å²) >= 11 is 0. The molecule has 6 nitrogen and oxygen atoms in total. The van der Waals surface area contributed by atoms with Gasteiger partial charge in [0.05, 0.1) is 24.5 Å². The number of carbonyl (C=O) groups excluding carboxylic acids is 1.